The molecule has 25 heavy (non-hydrogen) atoms. The highest BCUT2D eigenvalue weighted by Crippen LogP contribution is 2.44. The third kappa shape index (κ3) is 2.26. The number of halogens is 1. The van der Waals surface area contributed by atoms with Crippen LogP contribution in [0.1, 0.15) is 29.0 Å². The van der Waals surface area contributed by atoms with Crippen molar-refractivity contribution in [1.82, 2.24) is 0 Å². The van der Waals surface area contributed by atoms with Crippen LogP contribution < -0.4 is 0 Å². The van der Waals surface area contributed by atoms with E-state index in [1.54, 1.807) is 0 Å². The third-order valence-electron chi connectivity index (χ3n) is 5.30. The Labute approximate surface area is 155 Å². The molecular formula is C24H17Br. The van der Waals surface area contributed by atoms with E-state index in [1.807, 2.05) is 0 Å². The highest BCUT2D eigenvalue weighted by atomic mass is 79.9. The van der Waals surface area contributed by atoms with Crippen LogP contribution in [0.4, 0.5) is 0 Å². The standard InChI is InChI=1S/C24H17Br/c25-24-21-13-5-3-11-19(21)23(20-12-4-6-14-22(20)24)18-15-7-9-16-8-1-2-10-17(16)18/h1-14,18H,15H2. The molecule has 0 saturated heterocycles. The molecule has 0 amide bonds. The predicted molar refractivity (Wildman–Crippen MR) is 111 cm³/mol. The zero-order chi connectivity index (χ0) is 16.8. The fourth-order valence-corrected chi connectivity index (χ4v) is 4.89. The van der Waals surface area contributed by atoms with Gasteiger partial charge in [-0.3, -0.25) is 0 Å². The summed E-state index contributed by atoms with van der Waals surface area (Å²) in [6, 6.07) is 26.3. The van der Waals surface area contributed by atoms with Gasteiger partial charge < -0.3 is 0 Å². The molecule has 0 bridgehead atoms. The van der Waals surface area contributed by atoms with Crippen molar-refractivity contribution >= 4 is 43.6 Å². The highest BCUT2D eigenvalue weighted by Gasteiger charge is 2.23. The van der Waals surface area contributed by atoms with Crippen LogP contribution in [0.2, 0.25) is 0 Å². The minimum atomic E-state index is 0.393. The van der Waals surface area contributed by atoms with Crippen molar-refractivity contribution in [2.24, 2.45) is 0 Å². The smallest absolute Gasteiger partial charge is 0.0332 e. The first-order valence-corrected chi connectivity index (χ1v) is 9.48. The summed E-state index contributed by atoms with van der Waals surface area (Å²) in [4.78, 5) is 0. The summed E-state index contributed by atoms with van der Waals surface area (Å²) in [5.74, 6) is 0.393. The Hall–Kier alpha value is -2.38. The van der Waals surface area contributed by atoms with Gasteiger partial charge in [0.25, 0.3) is 0 Å². The van der Waals surface area contributed by atoms with Gasteiger partial charge >= 0.3 is 0 Å². The van der Waals surface area contributed by atoms with Crippen LogP contribution in [-0.4, -0.2) is 0 Å². The summed E-state index contributed by atoms with van der Waals surface area (Å²) in [6.07, 6.45) is 5.63. The topological polar surface area (TPSA) is 0 Å². The fraction of sp³-hybridized carbons (Fsp3) is 0.0833. The number of hydrogen-bond donors (Lipinski definition) is 0. The van der Waals surface area contributed by atoms with Crippen molar-refractivity contribution in [3.63, 3.8) is 0 Å². The van der Waals surface area contributed by atoms with Crippen molar-refractivity contribution in [1.29, 1.82) is 0 Å². The number of hydrogen-bond acceptors (Lipinski definition) is 0. The van der Waals surface area contributed by atoms with Crippen molar-refractivity contribution < 1.29 is 0 Å². The van der Waals surface area contributed by atoms with Crippen LogP contribution in [-0.2, 0) is 0 Å². The molecule has 4 aromatic carbocycles. The van der Waals surface area contributed by atoms with E-state index < -0.39 is 0 Å². The first-order chi connectivity index (χ1) is 12.3. The Morgan fingerprint density at radius 2 is 1.24 bits per heavy atom. The fourth-order valence-electron chi connectivity index (χ4n) is 4.20. The second kappa shape index (κ2) is 5.86. The molecule has 1 atom stereocenters. The van der Waals surface area contributed by atoms with E-state index in [0.717, 1.165) is 6.42 Å². The van der Waals surface area contributed by atoms with E-state index in [4.69, 9.17) is 0 Å². The summed E-state index contributed by atoms with van der Waals surface area (Å²) < 4.78 is 1.20. The number of allylic oxidation sites excluding steroid dienone is 1. The minimum absolute atomic E-state index is 0.393. The molecule has 1 heteroatoms. The molecule has 0 aliphatic heterocycles. The largest absolute Gasteiger partial charge is 0.0830 e. The Morgan fingerprint density at radius 3 is 1.92 bits per heavy atom. The van der Waals surface area contributed by atoms with Crippen LogP contribution in [0.5, 0.6) is 0 Å². The lowest BCUT2D eigenvalue weighted by molar-refractivity contribution is 0.834. The lowest BCUT2D eigenvalue weighted by Crippen LogP contribution is -2.07. The molecule has 0 spiro atoms. The second-order valence-electron chi connectivity index (χ2n) is 6.64. The molecule has 4 aromatic rings. The van der Waals surface area contributed by atoms with Gasteiger partial charge in [0.05, 0.1) is 0 Å². The second-order valence-corrected chi connectivity index (χ2v) is 7.43. The van der Waals surface area contributed by atoms with Gasteiger partial charge in [-0.25, -0.2) is 0 Å². The van der Waals surface area contributed by atoms with Crippen LogP contribution in [0.25, 0.3) is 27.6 Å². The van der Waals surface area contributed by atoms with E-state index in [1.165, 1.54) is 42.7 Å². The quantitative estimate of drug-likeness (QED) is 0.302. The lowest BCUT2D eigenvalue weighted by atomic mass is 9.78. The van der Waals surface area contributed by atoms with Crippen LogP contribution in [0.3, 0.4) is 0 Å². The Kier molecular flexibility index (Phi) is 3.50. The maximum absolute atomic E-state index is 3.86. The van der Waals surface area contributed by atoms with Gasteiger partial charge in [-0.1, -0.05) is 84.9 Å². The van der Waals surface area contributed by atoms with E-state index in [2.05, 4.69) is 101 Å². The maximum Gasteiger partial charge on any atom is 0.0332 e. The van der Waals surface area contributed by atoms with Gasteiger partial charge in [-0.2, -0.15) is 0 Å². The maximum atomic E-state index is 3.86. The van der Waals surface area contributed by atoms with Gasteiger partial charge in [-0.05, 0) is 60.6 Å². The Balaban J connectivity index is 1.93. The number of benzene rings is 4. The minimum Gasteiger partial charge on any atom is -0.0830 e. The molecule has 1 aliphatic rings. The monoisotopic (exact) mass is 384 g/mol. The van der Waals surface area contributed by atoms with Crippen molar-refractivity contribution in [2.75, 3.05) is 0 Å². The van der Waals surface area contributed by atoms with E-state index in [0.29, 0.717) is 5.92 Å². The molecule has 5 rings (SSSR count). The normalized spacial score (nSPS) is 16.3. The molecule has 0 N–H and O–H groups in total. The zero-order valence-corrected chi connectivity index (χ0v) is 15.3. The van der Waals surface area contributed by atoms with Gasteiger partial charge in [0.2, 0.25) is 0 Å². The van der Waals surface area contributed by atoms with Crippen molar-refractivity contribution in [2.45, 2.75) is 12.3 Å². The van der Waals surface area contributed by atoms with E-state index in [9.17, 15) is 0 Å². The van der Waals surface area contributed by atoms with Crippen molar-refractivity contribution in [3.05, 3.63) is 100 Å². The summed E-state index contributed by atoms with van der Waals surface area (Å²) >= 11 is 3.86. The first kappa shape index (κ1) is 14.9. The molecule has 0 aromatic heterocycles. The average molecular weight is 385 g/mol. The van der Waals surface area contributed by atoms with Gasteiger partial charge in [-0.15, -0.1) is 0 Å². The molecule has 0 fully saturated rings. The molecule has 120 valence electrons. The first-order valence-electron chi connectivity index (χ1n) is 8.69. The van der Waals surface area contributed by atoms with Crippen LogP contribution in [0, 0.1) is 0 Å². The summed E-state index contributed by atoms with van der Waals surface area (Å²) in [5, 5.41) is 5.29. The van der Waals surface area contributed by atoms with Crippen LogP contribution >= 0.6 is 15.9 Å². The molecule has 0 saturated carbocycles. The average Bonchev–Trinajstić information content (AvgIpc) is 2.68. The summed E-state index contributed by atoms with van der Waals surface area (Å²) in [7, 11) is 0. The van der Waals surface area contributed by atoms with Gasteiger partial charge in [0.15, 0.2) is 0 Å². The number of rotatable bonds is 1. The lowest BCUT2D eigenvalue weighted by Gasteiger charge is -2.26. The predicted octanol–water partition coefficient (Wildman–Crippen LogP) is 7.30. The molecular weight excluding hydrogens is 368 g/mol. The molecule has 0 nitrogen and oxygen atoms in total. The highest BCUT2D eigenvalue weighted by molar-refractivity contribution is 9.10. The summed E-state index contributed by atoms with van der Waals surface area (Å²) in [5.41, 5.74) is 4.23. The van der Waals surface area contributed by atoms with Crippen molar-refractivity contribution in [3.8, 4) is 0 Å². The molecule has 0 radical (unpaired) electrons. The van der Waals surface area contributed by atoms with E-state index in [-0.39, 0.29) is 0 Å². The van der Waals surface area contributed by atoms with Gasteiger partial charge in [0, 0.05) is 10.4 Å². The third-order valence-corrected chi connectivity index (χ3v) is 6.15. The molecule has 1 unspecified atom stereocenters. The molecule has 1 aliphatic carbocycles. The Morgan fingerprint density at radius 1 is 0.680 bits per heavy atom. The molecule has 0 heterocycles. The van der Waals surface area contributed by atoms with Gasteiger partial charge in [0.1, 0.15) is 0 Å². The Bertz CT molecular complexity index is 1080. The summed E-state index contributed by atoms with van der Waals surface area (Å²) in [6.45, 7) is 0. The SMILES string of the molecule is Brc1c2ccccc2c(C2CC=Cc3ccccc32)c2ccccc12. The van der Waals surface area contributed by atoms with E-state index >= 15 is 0 Å². The zero-order valence-electron chi connectivity index (χ0n) is 13.7. The van der Waals surface area contributed by atoms with Crippen LogP contribution in [0.15, 0.2) is 83.3 Å². The number of fused-ring (bicyclic) bond motifs is 3.